The Labute approximate surface area is 168 Å². The summed E-state index contributed by atoms with van der Waals surface area (Å²) < 4.78 is 25.8. The lowest BCUT2D eigenvalue weighted by molar-refractivity contribution is 0.102. The van der Waals surface area contributed by atoms with E-state index in [-0.39, 0.29) is 10.8 Å². The van der Waals surface area contributed by atoms with Crippen molar-refractivity contribution in [3.63, 3.8) is 0 Å². The van der Waals surface area contributed by atoms with Crippen LogP contribution in [0.4, 0.5) is 5.13 Å². The molecule has 2 aromatic carbocycles. The molecule has 0 aliphatic carbocycles. The predicted molar refractivity (Wildman–Crippen MR) is 112 cm³/mol. The van der Waals surface area contributed by atoms with Gasteiger partial charge in [0.25, 0.3) is 5.91 Å². The van der Waals surface area contributed by atoms with Crippen molar-refractivity contribution in [3.8, 4) is 11.3 Å². The topological polar surface area (TPSA) is 88.2 Å². The van der Waals surface area contributed by atoms with Crippen molar-refractivity contribution >= 4 is 32.4 Å². The first kappa shape index (κ1) is 20.2. The summed E-state index contributed by atoms with van der Waals surface area (Å²) in [4.78, 5) is 17.1. The minimum atomic E-state index is -3.53. The Balaban J connectivity index is 1.78. The molecule has 0 radical (unpaired) electrons. The molecule has 1 aromatic heterocycles. The average Bonchev–Trinajstić information content (AvgIpc) is 3.13. The molecule has 0 bridgehead atoms. The van der Waals surface area contributed by atoms with E-state index in [1.807, 2.05) is 12.3 Å². The van der Waals surface area contributed by atoms with Gasteiger partial charge in [-0.1, -0.05) is 6.07 Å². The van der Waals surface area contributed by atoms with Crippen LogP contribution in [0, 0.1) is 20.8 Å². The van der Waals surface area contributed by atoms with Gasteiger partial charge < -0.3 is 0 Å². The van der Waals surface area contributed by atoms with Crippen molar-refractivity contribution < 1.29 is 13.2 Å². The summed E-state index contributed by atoms with van der Waals surface area (Å²) in [6.45, 7) is 6.18. The fourth-order valence-corrected chi connectivity index (χ4v) is 4.20. The highest BCUT2D eigenvalue weighted by Gasteiger charge is 2.14. The van der Waals surface area contributed by atoms with Gasteiger partial charge in [-0.15, -0.1) is 11.3 Å². The number of hydrogen-bond acceptors (Lipinski definition) is 5. The number of rotatable bonds is 5. The molecule has 0 aliphatic rings. The summed E-state index contributed by atoms with van der Waals surface area (Å²) in [6.07, 6.45) is 0. The molecule has 3 rings (SSSR count). The molecule has 1 amide bonds. The van der Waals surface area contributed by atoms with E-state index in [9.17, 15) is 13.2 Å². The van der Waals surface area contributed by atoms with Gasteiger partial charge in [-0.25, -0.2) is 18.1 Å². The molecule has 0 fully saturated rings. The lowest BCUT2D eigenvalue weighted by atomic mass is 9.99. The van der Waals surface area contributed by atoms with E-state index in [2.05, 4.69) is 41.0 Å². The zero-order valence-electron chi connectivity index (χ0n) is 16.0. The molecular weight excluding hydrogens is 394 g/mol. The van der Waals surface area contributed by atoms with E-state index in [0.29, 0.717) is 10.7 Å². The Kier molecular flexibility index (Phi) is 5.64. The Hall–Kier alpha value is -2.55. The summed E-state index contributed by atoms with van der Waals surface area (Å²) in [5.74, 6) is -0.342. The number of benzene rings is 2. The molecule has 8 heteroatoms. The van der Waals surface area contributed by atoms with Gasteiger partial charge in [-0.3, -0.25) is 10.1 Å². The van der Waals surface area contributed by atoms with Crippen molar-refractivity contribution in [2.24, 2.45) is 0 Å². The number of hydrogen-bond donors (Lipinski definition) is 2. The molecule has 28 heavy (non-hydrogen) atoms. The van der Waals surface area contributed by atoms with E-state index in [0.717, 1.165) is 16.8 Å². The van der Waals surface area contributed by atoms with E-state index >= 15 is 0 Å². The van der Waals surface area contributed by atoms with Crippen LogP contribution in [0.1, 0.15) is 27.0 Å². The highest BCUT2D eigenvalue weighted by Crippen LogP contribution is 2.29. The van der Waals surface area contributed by atoms with Crippen LogP contribution in [0.15, 0.2) is 46.7 Å². The number of anilines is 1. The van der Waals surface area contributed by atoms with Gasteiger partial charge in [0.15, 0.2) is 5.13 Å². The first-order chi connectivity index (χ1) is 13.2. The number of carbonyl (C=O) groups excluding carboxylic acids is 1. The van der Waals surface area contributed by atoms with Crippen LogP contribution in [-0.4, -0.2) is 26.4 Å². The molecule has 0 saturated heterocycles. The third kappa shape index (κ3) is 4.14. The Morgan fingerprint density at radius 2 is 1.64 bits per heavy atom. The van der Waals surface area contributed by atoms with E-state index in [1.165, 1.54) is 53.8 Å². The smallest absolute Gasteiger partial charge is 0.257 e. The van der Waals surface area contributed by atoms with Crippen molar-refractivity contribution in [2.75, 3.05) is 12.4 Å². The number of sulfonamides is 1. The summed E-state index contributed by atoms with van der Waals surface area (Å²) in [5.41, 5.74) is 5.77. The van der Waals surface area contributed by atoms with Crippen molar-refractivity contribution in [1.82, 2.24) is 9.71 Å². The van der Waals surface area contributed by atoms with E-state index in [1.54, 1.807) is 0 Å². The molecule has 6 nitrogen and oxygen atoms in total. The number of nitrogens with zero attached hydrogens (tertiary/aromatic N) is 1. The van der Waals surface area contributed by atoms with Crippen LogP contribution in [-0.2, 0) is 10.0 Å². The molecule has 3 aromatic rings. The number of amides is 1. The van der Waals surface area contributed by atoms with Crippen molar-refractivity contribution in [3.05, 3.63) is 64.0 Å². The SMILES string of the molecule is CNS(=O)(=O)c1ccc(C(=O)Nc2nc(-c3cc(C)c(C)cc3C)cs2)cc1. The molecular formula is C20H21N3O3S2. The van der Waals surface area contributed by atoms with Gasteiger partial charge in [-0.2, -0.15) is 0 Å². The fourth-order valence-electron chi connectivity index (χ4n) is 2.76. The highest BCUT2D eigenvalue weighted by atomic mass is 32.2. The van der Waals surface area contributed by atoms with Gasteiger partial charge in [0, 0.05) is 16.5 Å². The minimum absolute atomic E-state index is 0.105. The van der Waals surface area contributed by atoms with Crippen LogP contribution in [0.5, 0.6) is 0 Å². The molecule has 0 spiro atoms. The minimum Gasteiger partial charge on any atom is -0.298 e. The third-order valence-electron chi connectivity index (χ3n) is 4.54. The number of nitrogens with one attached hydrogen (secondary N) is 2. The van der Waals surface area contributed by atoms with Gasteiger partial charge in [0.1, 0.15) is 0 Å². The molecule has 0 unspecified atom stereocenters. The zero-order valence-corrected chi connectivity index (χ0v) is 17.7. The van der Waals surface area contributed by atoms with Crippen LogP contribution >= 0.6 is 11.3 Å². The highest BCUT2D eigenvalue weighted by molar-refractivity contribution is 7.89. The van der Waals surface area contributed by atoms with Crippen LogP contribution in [0.3, 0.4) is 0 Å². The average molecular weight is 416 g/mol. The van der Waals surface area contributed by atoms with Gasteiger partial charge >= 0.3 is 0 Å². The maximum Gasteiger partial charge on any atom is 0.257 e. The van der Waals surface area contributed by atoms with E-state index < -0.39 is 10.0 Å². The second-order valence-electron chi connectivity index (χ2n) is 6.48. The summed E-state index contributed by atoms with van der Waals surface area (Å²) in [7, 11) is -2.19. The van der Waals surface area contributed by atoms with Gasteiger partial charge in [0.05, 0.1) is 10.6 Å². The largest absolute Gasteiger partial charge is 0.298 e. The second kappa shape index (κ2) is 7.83. The van der Waals surface area contributed by atoms with Gasteiger partial charge in [-0.05, 0) is 74.8 Å². The Morgan fingerprint density at radius 3 is 2.29 bits per heavy atom. The maximum absolute atomic E-state index is 12.4. The Morgan fingerprint density at radius 1 is 1.00 bits per heavy atom. The lowest BCUT2D eigenvalue weighted by Gasteiger charge is -2.07. The van der Waals surface area contributed by atoms with Crippen LogP contribution in [0.25, 0.3) is 11.3 Å². The van der Waals surface area contributed by atoms with Gasteiger partial charge in [0.2, 0.25) is 10.0 Å². The summed E-state index contributed by atoms with van der Waals surface area (Å²) in [5, 5.41) is 5.17. The normalized spacial score (nSPS) is 11.4. The number of aromatic nitrogens is 1. The maximum atomic E-state index is 12.4. The first-order valence-electron chi connectivity index (χ1n) is 8.60. The third-order valence-corrected chi connectivity index (χ3v) is 6.72. The number of carbonyl (C=O) groups is 1. The van der Waals surface area contributed by atoms with E-state index in [4.69, 9.17) is 0 Å². The Bertz CT molecular complexity index is 1130. The molecule has 0 aliphatic heterocycles. The second-order valence-corrected chi connectivity index (χ2v) is 9.22. The molecule has 2 N–H and O–H groups in total. The number of aryl methyl sites for hydroxylation is 3. The predicted octanol–water partition coefficient (Wildman–Crippen LogP) is 3.90. The van der Waals surface area contributed by atoms with Crippen molar-refractivity contribution in [1.29, 1.82) is 0 Å². The quantitative estimate of drug-likeness (QED) is 0.662. The molecule has 0 atom stereocenters. The standard InChI is InChI=1S/C20H21N3O3S2/c1-12-9-14(3)17(10-13(12)2)18-11-27-20(22-18)23-19(24)15-5-7-16(8-6-15)28(25,26)21-4/h5-11,21H,1-4H3,(H,22,23,24). The van der Waals surface area contributed by atoms with Crippen molar-refractivity contribution in [2.45, 2.75) is 25.7 Å². The molecule has 1 heterocycles. The number of thiazole rings is 1. The monoisotopic (exact) mass is 415 g/mol. The van der Waals surface area contributed by atoms with Crippen LogP contribution < -0.4 is 10.0 Å². The van der Waals surface area contributed by atoms with Crippen LogP contribution in [0.2, 0.25) is 0 Å². The summed E-state index contributed by atoms with van der Waals surface area (Å²) in [6, 6.07) is 9.97. The zero-order chi connectivity index (χ0) is 20.5. The molecule has 146 valence electrons. The summed E-state index contributed by atoms with van der Waals surface area (Å²) >= 11 is 1.35. The molecule has 0 saturated carbocycles. The first-order valence-corrected chi connectivity index (χ1v) is 11.0. The lowest BCUT2D eigenvalue weighted by Crippen LogP contribution is -2.19. The fraction of sp³-hybridized carbons (Fsp3) is 0.200.